The molecule has 2 aromatic rings. The number of anilines is 1. The van der Waals surface area contributed by atoms with Crippen molar-refractivity contribution in [1.82, 2.24) is 0 Å². The number of thioether (sulfide) groups is 1. The number of hydrogen-bond donors (Lipinski definition) is 1. The molecule has 1 N–H and O–H groups in total. The molecule has 0 aliphatic carbocycles. The van der Waals surface area contributed by atoms with E-state index in [4.69, 9.17) is 21.1 Å². The summed E-state index contributed by atoms with van der Waals surface area (Å²) >= 11 is 7.49. The van der Waals surface area contributed by atoms with Gasteiger partial charge in [0.2, 0.25) is 0 Å². The number of ether oxygens (including phenoxy) is 2. The van der Waals surface area contributed by atoms with Gasteiger partial charge >= 0.3 is 5.97 Å². The Morgan fingerprint density at radius 2 is 2.11 bits per heavy atom. The van der Waals surface area contributed by atoms with Crippen molar-refractivity contribution in [1.29, 1.82) is 0 Å². The van der Waals surface area contributed by atoms with Crippen molar-refractivity contribution in [2.24, 2.45) is 0 Å². The number of rotatable bonds is 7. The highest BCUT2D eigenvalue weighted by Gasteiger charge is 2.22. The van der Waals surface area contributed by atoms with Gasteiger partial charge in [-0.15, -0.1) is 11.8 Å². The summed E-state index contributed by atoms with van der Waals surface area (Å²) in [4.78, 5) is 25.8. The largest absolute Gasteiger partial charge is 0.449 e. The lowest BCUT2D eigenvalue weighted by molar-refractivity contribution is -0.123. The van der Waals surface area contributed by atoms with E-state index in [1.807, 2.05) is 12.1 Å². The minimum absolute atomic E-state index is 0.219. The van der Waals surface area contributed by atoms with E-state index < -0.39 is 18.0 Å². The topological polar surface area (TPSA) is 64.6 Å². The van der Waals surface area contributed by atoms with Crippen molar-refractivity contribution >= 4 is 40.9 Å². The lowest BCUT2D eigenvalue weighted by Crippen LogP contribution is -2.30. The maximum absolute atomic E-state index is 12.6. The minimum Gasteiger partial charge on any atom is -0.449 e. The highest BCUT2D eigenvalue weighted by molar-refractivity contribution is 7.99. The molecule has 148 valence electrons. The maximum Gasteiger partial charge on any atom is 0.340 e. The van der Waals surface area contributed by atoms with Crippen LogP contribution < -0.4 is 5.32 Å². The van der Waals surface area contributed by atoms with Crippen LogP contribution in [0.25, 0.3) is 0 Å². The molecule has 3 rings (SSSR count). The monoisotopic (exact) mass is 419 g/mol. The number of nitrogens with one attached hydrogen (secondary N) is 1. The zero-order chi connectivity index (χ0) is 19.9. The van der Waals surface area contributed by atoms with Gasteiger partial charge in [-0.05, 0) is 50.1 Å². The van der Waals surface area contributed by atoms with Crippen LogP contribution in [-0.2, 0) is 14.3 Å². The summed E-state index contributed by atoms with van der Waals surface area (Å²) in [6.07, 6.45) is 1.40. The molecular weight excluding hydrogens is 398 g/mol. The van der Waals surface area contributed by atoms with Crippen LogP contribution in [0, 0.1) is 0 Å². The van der Waals surface area contributed by atoms with Crippen molar-refractivity contribution in [3.8, 4) is 0 Å². The van der Waals surface area contributed by atoms with Gasteiger partial charge in [0.1, 0.15) is 0 Å². The molecule has 0 aromatic heterocycles. The van der Waals surface area contributed by atoms with Crippen LogP contribution in [0.1, 0.15) is 30.1 Å². The second-order valence-electron chi connectivity index (χ2n) is 6.49. The van der Waals surface area contributed by atoms with E-state index in [2.05, 4.69) is 5.32 Å². The average molecular weight is 420 g/mol. The van der Waals surface area contributed by atoms with Crippen LogP contribution >= 0.6 is 23.4 Å². The van der Waals surface area contributed by atoms with E-state index in [1.54, 1.807) is 55.1 Å². The smallest absolute Gasteiger partial charge is 0.340 e. The molecule has 0 saturated carbocycles. The second-order valence-corrected chi connectivity index (χ2v) is 7.99. The molecule has 5 nitrogen and oxygen atoms in total. The summed E-state index contributed by atoms with van der Waals surface area (Å²) < 4.78 is 11.0. The van der Waals surface area contributed by atoms with Crippen molar-refractivity contribution in [3.63, 3.8) is 0 Å². The highest BCUT2D eigenvalue weighted by atomic mass is 35.5. The Bertz CT molecular complexity index is 839. The fourth-order valence-electron chi connectivity index (χ4n) is 2.81. The Morgan fingerprint density at radius 1 is 1.29 bits per heavy atom. The minimum atomic E-state index is -0.942. The fraction of sp³-hybridized carbons (Fsp3) is 0.333. The van der Waals surface area contributed by atoms with Crippen LogP contribution in [0.15, 0.2) is 53.4 Å². The van der Waals surface area contributed by atoms with E-state index in [-0.39, 0.29) is 6.10 Å². The Balaban J connectivity index is 1.59. The van der Waals surface area contributed by atoms with Crippen LogP contribution in [0.2, 0.25) is 5.02 Å². The van der Waals surface area contributed by atoms with E-state index in [0.29, 0.717) is 16.3 Å². The Kier molecular flexibility index (Phi) is 7.36. The fourth-order valence-corrected chi connectivity index (χ4v) is 4.11. The number of hydrogen-bond acceptors (Lipinski definition) is 5. The standard InChI is InChI=1S/C21H22ClNO4S/c1-14(20(24)23-16-7-4-6-15(22)12-16)27-21(25)18-9-2-3-10-19(18)28-13-17-8-5-11-26-17/h2-4,6-7,9-10,12,14,17H,5,8,11,13H2,1H3,(H,23,24)/t14-,17-/m0/s1. The first-order valence-electron chi connectivity index (χ1n) is 9.14. The first-order chi connectivity index (χ1) is 13.5. The molecule has 0 bridgehead atoms. The lowest BCUT2D eigenvalue weighted by Gasteiger charge is -2.15. The SMILES string of the molecule is C[C@H](OC(=O)c1ccccc1SC[C@@H]1CCCO1)C(=O)Nc1cccc(Cl)c1. The molecule has 1 heterocycles. The van der Waals surface area contributed by atoms with E-state index in [0.717, 1.165) is 30.1 Å². The zero-order valence-electron chi connectivity index (χ0n) is 15.5. The van der Waals surface area contributed by atoms with Crippen molar-refractivity contribution < 1.29 is 19.1 Å². The van der Waals surface area contributed by atoms with Crippen LogP contribution in [0.4, 0.5) is 5.69 Å². The molecule has 2 aromatic carbocycles. The molecule has 1 fully saturated rings. The molecule has 1 aliphatic rings. The Labute approximate surface area is 173 Å². The number of amides is 1. The lowest BCUT2D eigenvalue weighted by atomic mass is 10.2. The predicted molar refractivity (Wildman–Crippen MR) is 111 cm³/mol. The first kappa shape index (κ1) is 20.7. The summed E-state index contributed by atoms with van der Waals surface area (Å²) in [5.41, 5.74) is 1.00. The quantitative estimate of drug-likeness (QED) is 0.516. The van der Waals surface area contributed by atoms with Gasteiger partial charge in [0.25, 0.3) is 5.91 Å². The zero-order valence-corrected chi connectivity index (χ0v) is 17.1. The summed E-state index contributed by atoms with van der Waals surface area (Å²) in [5.74, 6) is -0.154. The van der Waals surface area contributed by atoms with Gasteiger partial charge in [0.15, 0.2) is 6.10 Å². The van der Waals surface area contributed by atoms with Crippen molar-refractivity contribution in [3.05, 3.63) is 59.1 Å². The maximum atomic E-state index is 12.6. The summed E-state index contributed by atoms with van der Waals surface area (Å²) in [6, 6.07) is 14.0. The molecule has 1 saturated heterocycles. The molecule has 0 spiro atoms. The normalized spacial score (nSPS) is 17.1. The molecule has 7 heteroatoms. The molecule has 2 atom stereocenters. The van der Waals surface area contributed by atoms with E-state index in [1.165, 1.54) is 0 Å². The third-order valence-electron chi connectivity index (χ3n) is 4.30. The van der Waals surface area contributed by atoms with Crippen molar-refractivity contribution in [2.75, 3.05) is 17.7 Å². The third kappa shape index (κ3) is 5.74. The molecule has 0 unspecified atom stereocenters. The van der Waals surface area contributed by atoms with E-state index in [9.17, 15) is 9.59 Å². The van der Waals surface area contributed by atoms with Crippen LogP contribution in [0.5, 0.6) is 0 Å². The number of benzene rings is 2. The Morgan fingerprint density at radius 3 is 2.86 bits per heavy atom. The summed E-state index contributed by atoms with van der Waals surface area (Å²) in [6.45, 7) is 2.34. The molecule has 1 aliphatic heterocycles. The molecule has 0 radical (unpaired) electrons. The van der Waals surface area contributed by atoms with Gasteiger partial charge in [-0.2, -0.15) is 0 Å². The van der Waals surface area contributed by atoms with Crippen LogP contribution in [0.3, 0.4) is 0 Å². The predicted octanol–water partition coefficient (Wildman–Crippen LogP) is 4.80. The second kappa shape index (κ2) is 9.96. The summed E-state index contributed by atoms with van der Waals surface area (Å²) in [7, 11) is 0. The number of esters is 1. The highest BCUT2D eigenvalue weighted by Crippen LogP contribution is 2.27. The van der Waals surface area contributed by atoms with Gasteiger partial charge < -0.3 is 14.8 Å². The molecule has 28 heavy (non-hydrogen) atoms. The van der Waals surface area contributed by atoms with Crippen molar-refractivity contribution in [2.45, 2.75) is 36.9 Å². The number of halogens is 1. The first-order valence-corrected chi connectivity index (χ1v) is 10.5. The average Bonchev–Trinajstić information content (AvgIpc) is 3.20. The van der Waals surface area contributed by atoms with Gasteiger partial charge in [-0.25, -0.2) is 4.79 Å². The number of carbonyl (C=O) groups is 2. The molecular formula is C21H22ClNO4S. The van der Waals surface area contributed by atoms with Gasteiger partial charge in [-0.3, -0.25) is 4.79 Å². The Hall–Kier alpha value is -2.02. The van der Waals surface area contributed by atoms with Crippen LogP contribution in [-0.4, -0.2) is 36.4 Å². The third-order valence-corrected chi connectivity index (χ3v) is 5.74. The van der Waals surface area contributed by atoms with Gasteiger partial charge in [0.05, 0.1) is 11.7 Å². The van der Waals surface area contributed by atoms with E-state index >= 15 is 0 Å². The number of carbonyl (C=O) groups excluding carboxylic acids is 2. The van der Waals surface area contributed by atoms with Gasteiger partial charge in [0, 0.05) is 28.0 Å². The van der Waals surface area contributed by atoms with Gasteiger partial charge in [-0.1, -0.05) is 29.8 Å². The summed E-state index contributed by atoms with van der Waals surface area (Å²) in [5, 5.41) is 3.21. The molecule has 1 amide bonds.